The maximum absolute atomic E-state index is 11.3. The van der Waals surface area contributed by atoms with E-state index in [1.165, 1.54) is 0 Å². The Morgan fingerprint density at radius 3 is 2.87 bits per heavy atom. The molecule has 1 aliphatic rings. The summed E-state index contributed by atoms with van der Waals surface area (Å²) in [4.78, 5) is 23.2. The first-order chi connectivity index (χ1) is 7.13. The number of amides is 1. The Labute approximate surface area is 88.0 Å². The van der Waals surface area contributed by atoms with Gasteiger partial charge in [-0.25, -0.2) is 4.79 Å². The number of carbonyl (C=O) groups is 2. The second kappa shape index (κ2) is 5.67. The molecule has 1 atom stereocenters. The van der Waals surface area contributed by atoms with Crippen LogP contribution in [0.2, 0.25) is 0 Å². The van der Waals surface area contributed by atoms with E-state index in [4.69, 9.17) is 15.6 Å². The molecule has 3 N–H and O–H groups in total. The van der Waals surface area contributed by atoms with Crippen LogP contribution in [0.3, 0.4) is 0 Å². The Balaban J connectivity index is 2.35. The molecule has 0 aromatic carbocycles. The molecule has 1 fully saturated rings. The van der Waals surface area contributed by atoms with Gasteiger partial charge in [0.15, 0.2) is 0 Å². The van der Waals surface area contributed by atoms with Crippen molar-refractivity contribution in [2.45, 2.75) is 18.9 Å². The molecule has 0 aromatic heterocycles. The number of piperidine rings is 1. The standard InChI is InChI=1S/C9H16N2O4/c10-4-8(12)11-3-1-2-7(5-11)15-6-9(13)14/h7H,1-6,10H2,(H,13,14). The molecule has 1 heterocycles. The monoisotopic (exact) mass is 216 g/mol. The topological polar surface area (TPSA) is 92.9 Å². The highest BCUT2D eigenvalue weighted by Gasteiger charge is 2.23. The van der Waals surface area contributed by atoms with Crippen molar-refractivity contribution in [3.05, 3.63) is 0 Å². The molecule has 1 aliphatic heterocycles. The molecule has 1 rings (SSSR count). The summed E-state index contributed by atoms with van der Waals surface area (Å²) in [6, 6.07) is 0. The first-order valence-corrected chi connectivity index (χ1v) is 4.94. The van der Waals surface area contributed by atoms with Crippen LogP contribution in [0.5, 0.6) is 0 Å². The van der Waals surface area contributed by atoms with Gasteiger partial charge in [0.25, 0.3) is 0 Å². The third kappa shape index (κ3) is 3.85. The lowest BCUT2D eigenvalue weighted by Crippen LogP contribution is -2.45. The van der Waals surface area contributed by atoms with Gasteiger partial charge >= 0.3 is 5.97 Å². The molecule has 0 saturated carbocycles. The Hall–Kier alpha value is -1.14. The summed E-state index contributed by atoms with van der Waals surface area (Å²) in [6.45, 7) is 0.813. The minimum atomic E-state index is -0.989. The highest BCUT2D eigenvalue weighted by Crippen LogP contribution is 2.12. The average Bonchev–Trinajstić information content (AvgIpc) is 2.25. The van der Waals surface area contributed by atoms with Gasteiger partial charge in [0.1, 0.15) is 6.61 Å². The normalized spacial score (nSPS) is 21.4. The van der Waals surface area contributed by atoms with Crippen molar-refractivity contribution in [1.29, 1.82) is 0 Å². The van der Waals surface area contributed by atoms with Gasteiger partial charge in [0.05, 0.1) is 12.6 Å². The molecule has 0 radical (unpaired) electrons. The number of aliphatic carboxylic acids is 1. The van der Waals surface area contributed by atoms with Crippen LogP contribution < -0.4 is 5.73 Å². The predicted molar refractivity (Wildman–Crippen MR) is 52.2 cm³/mol. The number of rotatable bonds is 4. The van der Waals surface area contributed by atoms with Gasteiger partial charge in [-0.1, -0.05) is 0 Å². The predicted octanol–water partition coefficient (Wildman–Crippen LogP) is -0.963. The van der Waals surface area contributed by atoms with Crippen LogP contribution in [-0.4, -0.2) is 54.2 Å². The lowest BCUT2D eigenvalue weighted by Gasteiger charge is -2.32. The molecule has 0 bridgehead atoms. The molecule has 0 spiro atoms. The molecule has 1 unspecified atom stereocenters. The molecule has 6 nitrogen and oxygen atoms in total. The molecular weight excluding hydrogens is 200 g/mol. The summed E-state index contributed by atoms with van der Waals surface area (Å²) in [6.07, 6.45) is 1.45. The van der Waals surface area contributed by atoms with Crippen LogP contribution in [0.25, 0.3) is 0 Å². The van der Waals surface area contributed by atoms with Crippen LogP contribution in [0, 0.1) is 0 Å². The Kier molecular flexibility index (Phi) is 4.51. The largest absolute Gasteiger partial charge is 0.480 e. The van der Waals surface area contributed by atoms with E-state index in [0.29, 0.717) is 13.1 Å². The first kappa shape index (κ1) is 11.9. The lowest BCUT2D eigenvalue weighted by atomic mass is 10.1. The van der Waals surface area contributed by atoms with Crippen LogP contribution in [0.15, 0.2) is 0 Å². The van der Waals surface area contributed by atoms with Gasteiger partial charge in [-0.15, -0.1) is 0 Å². The second-order valence-corrected chi connectivity index (χ2v) is 3.51. The van der Waals surface area contributed by atoms with Crippen LogP contribution in [0.4, 0.5) is 0 Å². The number of hydrogen-bond acceptors (Lipinski definition) is 4. The highest BCUT2D eigenvalue weighted by molar-refractivity contribution is 5.78. The molecule has 1 saturated heterocycles. The van der Waals surface area contributed by atoms with E-state index < -0.39 is 5.97 Å². The van der Waals surface area contributed by atoms with E-state index in [-0.39, 0.29) is 25.2 Å². The Morgan fingerprint density at radius 2 is 2.27 bits per heavy atom. The third-order valence-electron chi connectivity index (χ3n) is 2.35. The van der Waals surface area contributed by atoms with Crippen molar-refractivity contribution in [2.75, 3.05) is 26.2 Å². The van der Waals surface area contributed by atoms with Crippen molar-refractivity contribution < 1.29 is 19.4 Å². The summed E-state index contributed by atoms with van der Waals surface area (Å²) in [5, 5.41) is 8.44. The SMILES string of the molecule is NCC(=O)N1CCCC(OCC(=O)O)C1. The minimum absolute atomic E-state index is 0.00828. The Morgan fingerprint density at radius 1 is 1.53 bits per heavy atom. The molecule has 1 amide bonds. The molecular formula is C9H16N2O4. The number of carboxylic acid groups (broad SMARTS) is 1. The summed E-state index contributed by atoms with van der Waals surface area (Å²) >= 11 is 0. The zero-order valence-corrected chi connectivity index (χ0v) is 8.52. The number of carboxylic acids is 1. The van der Waals surface area contributed by atoms with Gasteiger partial charge in [-0.2, -0.15) is 0 Å². The van der Waals surface area contributed by atoms with E-state index >= 15 is 0 Å². The van der Waals surface area contributed by atoms with Crippen LogP contribution >= 0.6 is 0 Å². The van der Waals surface area contributed by atoms with Gasteiger partial charge in [-0.05, 0) is 12.8 Å². The van der Waals surface area contributed by atoms with Gasteiger partial charge in [0.2, 0.25) is 5.91 Å². The number of hydrogen-bond donors (Lipinski definition) is 2. The van der Waals surface area contributed by atoms with Gasteiger partial charge < -0.3 is 20.5 Å². The van der Waals surface area contributed by atoms with Gasteiger partial charge in [0, 0.05) is 13.1 Å². The van der Waals surface area contributed by atoms with E-state index in [9.17, 15) is 9.59 Å². The van der Waals surface area contributed by atoms with Crippen LogP contribution in [-0.2, 0) is 14.3 Å². The lowest BCUT2D eigenvalue weighted by molar-refractivity contribution is -0.146. The molecule has 15 heavy (non-hydrogen) atoms. The maximum Gasteiger partial charge on any atom is 0.329 e. The highest BCUT2D eigenvalue weighted by atomic mass is 16.5. The summed E-state index contributed by atoms with van der Waals surface area (Å²) in [5.74, 6) is -1.10. The Bertz CT molecular complexity index is 244. The average molecular weight is 216 g/mol. The van der Waals surface area contributed by atoms with E-state index in [1.54, 1.807) is 4.90 Å². The first-order valence-electron chi connectivity index (χ1n) is 4.94. The molecule has 0 aliphatic carbocycles. The zero-order valence-electron chi connectivity index (χ0n) is 8.52. The van der Waals surface area contributed by atoms with E-state index in [2.05, 4.69) is 0 Å². The number of carbonyl (C=O) groups excluding carboxylic acids is 1. The minimum Gasteiger partial charge on any atom is -0.480 e. The van der Waals surface area contributed by atoms with E-state index in [1.807, 2.05) is 0 Å². The summed E-state index contributed by atoms with van der Waals surface area (Å²) in [7, 11) is 0. The third-order valence-corrected chi connectivity index (χ3v) is 2.35. The van der Waals surface area contributed by atoms with Crippen molar-refractivity contribution in [3.63, 3.8) is 0 Å². The van der Waals surface area contributed by atoms with Crippen molar-refractivity contribution in [3.8, 4) is 0 Å². The number of likely N-dealkylation sites (tertiary alicyclic amines) is 1. The molecule has 86 valence electrons. The molecule has 6 heteroatoms. The fraction of sp³-hybridized carbons (Fsp3) is 0.778. The van der Waals surface area contributed by atoms with Crippen molar-refractivity contribution in [1.82, 2.24) is 4.90 Å². The van der Waals surface area contributed by atoms with Crippen molar-refractivity contribution in [2.24, 2.45) is 5.73 Å². The zero-order chi connectivity index (χ0) is 11.3. The van der Waals surface area contributed by atoms with Gasteiger partial charge in [-0.3, -0.25) is 4.79 Å². The summed E-state index contributed by atoms with van der Waals surface area (Å²) in [5.41, 5.74) is 5.24. The number of ether oxygens (including phenoxy) is 1. The second-order valence-electron chi connectivity index (χ2n) is 3.51. The number of nitrogens with zero attached hydrogens (tertiary/aromatic N) is 1. The molecule has 0 aromatic rings. The van der Waals surface area contributed by atoms with Crippen LogP contribution in [0.1, 0.15) is 12.8 Å². The van der Waals surface area contributed by atoms with Crippen molar-refractivity contribution >= 4 is 11.9 Å². The van der Waals surface area contributed by atoms with E-state index in [0.717, 1.165) is 12.8 Å². The summed E-state index contributed by atoms with van der Waals surface area (Å²) < 4.78 is 5.14. The maximum atomic E-state index is 11.3. The fourth-order valence-corrected chi connectivity index (χ4v) is 1.62. The fourth-order valence-electron chi connectivity index (χ4n) is 1.62. The quantitative estimate of drug-likeness (QED) is 0.631. The number of nitrogens with two attached hydrogens (primary N) is 1. The smallest absolute Gasteiger partial charge is 0.329 e.